The first-order valence-electron chi connectivity index (χ1n) is 6.54. The summed E-state index contributed by atoms with van der Waals surface area (Å²) in [6.45, 7) is 1.78. The van der Waals surface area contributed by atoms with Gasteiger partial charge in [0.05, 0.1) is 19.6 Å². The quantitative estimate of drug-likeness (QED) is 0.537. The largest absolute Gasteiger partial charge is 0.494 e. The van der Waals surface area contributed by atoms with Crippen LogP contribution in [0.5, 0.6) is 5.75 Å². The molecule has 0 aliphatic heterocycles. The van der Waals surface area contributed by atoms with Crippen LogP contribution in [0.4, 0.5) is 14.5 Å². The molecule has 0 atom stereocenters. The zero-order valence-electron chi connectivity index (χ0n) is 11.7. The minimum absolute atomic E-state index is 0.0293. The Hall–Kier alpha value is -1.21. The van der Waals surface area contributed by atoms with Gasteiger partial charge in [-0.2, -0.15) is 0 Å². The van der Waals surface area contributed by atoms with Gasteiger partial charge in [-0.25, -0.2) is 8.78 Å². The van der Waals surface area contributed by atoms with Gasteiger partial charge in [0.15, 0.2) is 0 Å². The fourth-order valence-electron chi connectivity index (χ4n) is 1.62. The Bertz CT molecular complexity index is 458. The van der Waals surface area contributed by atoms with Crippen molar-refractivity contribution in [3.63, 3.8) is 0 Å². The van der Waals surface area contributed by atoms with E-state index in [2.05, 4.69) is 26.0 Å². The van der Waals surface area contributed by atoms with Gasteiger partial charge < -0.3 is 14.8 Å². The van der Waals surface area contributed by atoms with E-state index in [1.807, 2.05) is 6.92 Å². The van der Waals surface area contributed by atoms with Crippen LogP contribution in [0.1, 0.15) is 18.9 Å². The van der Waals surface area contributed by atoms with Crippen LogP contribution in [0.25, 0.3) is 0 Å². The van der Waals surface area contributed by atoms with Gasteiger partial charge in [0.2, 0.25) is 5.91 Å². The summed E-state index contributed by atoms with van der Waals surface area (Å²) in [5.41, 5.74) is 1.55. The number of benzene rings is 1. The predicted octanol–water partition coefficient (Wildman–Crippen LogP) is 3.59. The third-order valence-electron chi connectivity index (χ3n) is 2.51. The minimum atomic E-state index is -2.51. The Morgan fingerprint density at radius 2 is 2.19 bits per heavy atom. The standard InChI is InChI=1S/C14H18BrF2NO3/c1-2-21-12-4-3-11(7-10(12)8-15)18-14(19)5-6-20-9-13(16)17/h3-4,7,13H,2,5-6,8-9H2,1H3,(H,18,19). The summed E-state index contributed by atoms with van der Waals surface area (Å²) in [6.07, 6.45) is -2.48. The summed E-state index contributed by atoms with van der Waals surface area (Å²) in [5, 5.41) is 3.29. The molecule has 1 N–H and O–H groups in total. The van der Waals surface area contributed by atoms with Crippen molar-refractivity contribution in [3.05, 3.63) is 23.8 Å². The number of hydrogen-bond acceptors (Lipinski definition) is 3. The van der Waals surface area contributed by atoms with Crippen LogP contribution < -0.4 is 10.1 Å². The second-order valence-corrected chi connectivity index (χ2v) is 4.71. The highest BCUT2D eigenvalue weighted by atomic mass is 79.9. The lowest BCUT2D eigenvalue weighted by molar-refractivity contribution is -0.117. The highest BCUT2D eigenvalue weighted by Gasteiger charge is 2.08. The molecule has 1 rings (SSSR count). The second-order valence-electron chi connectivity index (χ2n) is 4.15. The van der Waals surface area contributed by atoms with E-state index in [-0.39, 0.29) is 18.9 Å². The van der Waals surface area contributed by atoms with Gasteiger partial charge in [-0.05, 0) is 25.1 Å². The third-order valence-corrected chi connectivity index (χ3v) is 3.11. The second kappa shape index (κ2) is 9.68. The van der Waals surface area contributed by atoms with Crippen molar-refractivity contribution in [1.29, 1.82) is 0 Å². The fraction of sp³-hybridized carbons (Fsp3) is 0.500. The molecule has 21 heavy (non-hydrogen) atoms. The monoisotopic (exact) mass is 365 g/mol. The number of nitrogens with one attached hydrogen (secondary N) is 1. The van der Waals surface area contributed by atoms with Crippen LogP contribution >= 0.6 is 15.9 Å². The SMILES string of the molecule is CCOc1ccc(NC(=O)CCOCC(F)F)cc1CBr. The first kappa shape index (κ1) is 17.8. The number of amides is 1. The molecule has 7 heteroatoms. The zero-order chi connectivity index (χ0) is 15.7. The van der Waals surface area contributed by atoms with Gasteiger partial charge in [-0.1, -0.05) is 15.9 Å². The summed E-state index contributed by atoms with van der Waals surface area (Å²) >= 11 is 3.36. The Morgan fingerprint density at radius 1 is 1.43 bits per heavy atom. The normalized spacial score (nSPS) is 10.7. The first-order chi connectivity index (χ1) is 10.1. The third kappa shape index (κ3) is 6.86. The Balaban J connectivity index is 2.48. The molecule has 118 valence electrons. The average Bonchev–Trinajstić information content (AvgIpc) is 2.45. The molecule has 0 heterocycles. The molecule has 0 saturated carbocycles. The number of alkyl halides is 3. The molecule has 0 spiro atoms. The number of carbonyl (C=O) groups excluding carboxylic acids is 1. The highest BCUT2D eigenvalue weighted by Crippen LogP contribution is 2.25. The van der Waals surface area contributed by atoms with E-state index < -0.39 is 13.0 Å². The molecule has 1 aromatic rings. The van der Waals surface area contributed by atoms with E-state index in [1.165, 1.54) is 0 Å². The number of carbonyl (C=O) groups is 1. The van der Waals surface area contributed by atoms with Gasteiger partial charge in [-0.3, -0.25) is 4.79 Å². The van der Waals surface area contributed by atoms with Crippen LogP contribution in [0.15, 0.2) is 18.2 Å². The molecule has 0 bridgehead atoms. The fourth-order valence-corrected chi connectivity index (χ4v) is 2.06. The Morgan fingerprint density at radius 3 is 2.81 bits per heavy atom. The van der Waals surface area contributed by atoms with Crippen molar-refractivity contribution in [2.75, 3.05) is 25.1 Å². The molecule has 1 aromatic carbocycles. The van der Waals surface area contributed by atoms with Crippen molar-refractivity contribution >= 4 is 27.5 Å². The van der Waals surface area contributed by atoms with E-state index in [9.17, 15) is 13.6 Å². The molecule has 0 fully saturated rings. The molecule has 0 aromatic heterocycles. The summed E-state index contributed by atoms with van der Waals surface area (Å²) in [7, 11) is 0. The molecule has 0 aliphatic carbocycles. The maximum Gasteiger partial charge on any atom is 0.261 e. The van der Waals surface area contributed by atoms with Gasteiger partial charge in [0.1, 0.15) is 12.4 Å². The van der Waals surface area contributed by atoms with Crippen molar-refractivity contribution < 1.29 is 23.0 Å². The minimum Gasteiger partial charge on any atom is -0.494 e. The number of hydrogen-bond donors (Lipinski definition) is 1. The number of anilines is 1. The van der Waals surface area contributed by atoms with Crippen LogP contribution in [0.2, 0.25) is 0 Å². The van der Waals surface area contributed by atoms with Gasteiger partial charge in [0, 0.05) is 16.6 Å². The van der Waals surface area contributed by atoms with E-state index in [0.717, 1.165) is 11.3 Å². The van der Waals surface area contributed by atoms with Gasteiger partial charge in [0.25, 0.3) is 6.43 Å². The maximum atomic E-state index is 11.8. The Kier molecular flexibility index (Phi) is 8.22. The molecule has 4 nitrogen and oxygen atoms in total. The molecular weight excluding hydrogens is 348 g/mol. The van der Waals surface area contributed by atoms with E-state index in [4.69, 9.17) is 4.74 Å². The van der Waals surface area contributed by atoms with Crippen molar-refractivity contribution in [2.45, 2.75) is 25.1 Å². The van der Waals surface area contributed by atoms with Crippen molar-refractivity contribution in [3.8, 4) is 5.75 Å². The molecule has 1 amide bonds. The molecule has 0 aliphatic rings. The zero-order valence-corrected chi connectivity index (χ0v) is 13.3. The van der Waals surface area contributed by atoms with Crippen LogP contribution in [0.3, 0.4) is 0 Å². The first-order valence-corrected chi connectivity index (χ1v) is 7.66. The summed E-state index contributed by atoms with van der Waals surface area (Å²) in [5.74, 6) is 0.474. The Labute approximate surface area is 130 Å². The lowest BCUT2D eigenvalue weighted by Gasteiger charge is -2.11. The topological polar surface area (TPSA) is 47.6 Å². The van der Waals surface area contributed by atoms with E-state index in [1.54, 1.807) is 18.2 Å². The smallest absolute Gasteiger partial charge is 0.261 e. The number of halogens is 3. The summed E-state index contributed by atoms with van der Waals surface area (Å²) < 4.78 is 33.8. The van der Waals surface area contributed by atoms with Crippen molar-refractivity contribution in [2.24, 2.45) is 0 Å². The molecular formula is C14H18BrF2NO3. The predicted molar refractivity (Wildman–Crippen MR) is 80.3 cm³/mol. The molecule has 0 radical (unpaired) electrons. The van der Waals surface area contributed by atoms with Crippen molar-refractivity contribution in [1.82, 2.24) is 0 Å². The maximum absolute atomic E-state index is 11.8. The van der Waals surface area contributed by atoms with Crippen LogP contribution in [-0.2, 0) is 14.9 Å². The highest BCUT2D eigenvalue weighted by molar-refractivity contribution is 9.08. The lowest BCUT2D eigenvalue weighted by Crippen LogP contribution is -2.15. The molecule has 0 saturated heterocycles. The van der Waals surface area contributed by atoms with Crippen LogP contribution in [-0.4, -0.2) is 32.2 Å². The molecule has 0 unspecified atom stereocenters. The summed E-state index contributed by atoms with van der Waals surface area (Å²) in [4.78, 5) is 11.6. The lowest BCUT2D eigenvalue weighted by atomic mass is 10.2. The number of rotatable bonds is 9. The van der Waals surface area contributed by atoms with Gasteiger partial charge in [-0.15, -0.1) is 0 Å². The van der Waals surface area contributed by atoms with Gasteiger partial charge >= 0.3 is 0 Å². The number of ether oxygens (including phenoxy) is 2. The van der Waals surface area contributed by atoms with E-state index in [0.29, 0.717) is 17.6 Å². The average molecular weight is 366 g/mol. The summed E-state index contributed by atoms with van der Waals surface area (Å²) in [6, 6.07) is 5.32. The van der Waals surface area contributed by atoms with E-state index >= 15 is 0 Å². The van der Waals surface area contributed by atoms with Crippen LogP contribution in [0, 0.1) is 0 Å².